The SMILES string of the molecule is COP(=O)(OC)C(C)(Nc1ccc(C)cc1)c1ccc(Cl)cc1. The van der Waals surface area contributed by atoms with E-state index >= 15 is 0 Å². The van der Waals surface area contributed by atoms with Crippen LogP contribution < -0.4 is 5.32 Å². The Hall–Kier alpha value is -1.32. The predicted molar refractivity (Wildman–Crippen MR) is 95.2 cm³/mol. The van der Waals surface area contributed by atoms with E-state index in [1.165, 1.54) is 14.2 Å². The van der Waals surface area contributed by atoms with Crippen molar-refractivity contribution in [3.63, 3.8) is 0 Å². The van der Waals surface area contributed by atoms with Gasteiger partial charge in [-0.1, -0.05) is 41.4 Å². The van der Waals surface area contributed by atoms with Crippen LogP contribution in [0.2, 0.25) is 5.02 Å². The second-order valence-corrected chi connectivity index (χ2v) is 8.49. The van der Waals surface area contributed by atoms with Gasteiger partial charge in [-0.05, 0) is 43.7 Å². The molecule has 0 heterocycles. The first kappa shape index (κ1) is 18.0. The van der Waals surface area contributed by atoms with E-state index < -0.39 is 12.9 Å². The van der Waals surface area contributed by atoms with Crippen molar-refractivity contribution < 1.29 is 13.6 Å². The molecule has 4 nitrogen and oxygen atoms in total. The van der Waals surface area contributed by atoms with Gasteiger partial charge in [0, 0.05) is 24.9 Å². The molecule has 0 aliphatic rings. The van der Waals surface area contributed by atoms with Gasteiger partial charge in [-0.15, -0.1) is 0 Å². The summed E-state index contributed by atoms with van der Waals surface area (Å²) in [6, 6.07) is 15.0. The maximum Gasteiger partial charge on any atom is 0.359 e. The largest absolute Gasteiger partial charge is 0.366 e. The summed E-state index contributed by atoms with van der Waals surface area (Å²) in [7, 11) is -0.703. The first-order chi connectivity index (χ1) is 10.8. The van der Waals surface area contributed by atoms with E-state index in [-0.39, 0.29) is 0 Å². The van der Waals surface area contributed by atoms with E-state index in [1.807, 2.05) is 43.3 Å². The molecule has 0 radical (unpaired) electrons. The van der Waals surface area contributed by atoms with Crippen LogP contribution in [0.1, 0.15) is 18.1 Å². The minimum atomic E-state index is -3.47. The Morgan fingerprint density at radius 2 is 1.52 bits per heavy atom. The zero-order valence-corrected chi connectivity index (χ0v) is 15.3. The Morgan fingerprint density at radius 3 is 2.00 bits per heavy atom. The highest BCUT2D eigenvalue weighted by atomic mass is 35.5. The standard InChI is InChI=1S/C17H21ClNO3P/c1-13-5-11-16(12-6-13)19-17(2,23(20,21-3)22-4)14-7-9-15(18)10-8-14/h5-12,19H,1-4H3. The Balaban J connectivity index is 2.52. The van der Waals surface area contributed by atoms with E-state index in [2.05, 4.69) is 5.32 Å². The molecular weight excluding hydrogens is 333 g/mol. The van der Waals surface area contributed by atoms with Crippen LogP contribution in [0.3, 0.4) is 0 Å². The highest BCUT2D eigenvalue weighted by molar-refractivity contribution is 7.55. The maximum atomic E-state index is 13.2. The van der Waals surface area contributed by atoms with Crippen LogP contribution in [0.4, 0.5) is 5.69 Å². The van der Waals surface area contributed by atoms with Crippen molar-refractivity contribution in [2.24, 2.45) is 0 Å². The monoisotopic (exact) mass is 353 g/mol. The van der Waals surface area contributed by atoms with Crippen molar-refractivity contribution in [2.45, 2.75) is 19.1 Å². The van der Waals surface area contributed by atoms with Crippen molar-refractivity contribution >= 4 is 24.9 Å². The van der Waals surface area contributed by atoms with Crippen LogP contribution in [0.15, 0.2) is 48.5 Å². The topological polar surface area (TPSA) is 47.6 Å². The summed E-state index contributed by atoms with van der Waals surface area (Å²) in [6.45, 7) is 3.81. The lowest BCUT2D eigenvalue weighted by atomic mass is 10.1. The number of hydrogen-bond acceptors (Lipinski definition) is 4. The average Bonchev–Trinajstić information content (AvgIpc) is 2.56. The molecule has 0 aliphatic carbocycles. The van der Waals surface area contributed by atoms with E-state index in [0.29, 0.717) is 5.02 Å². The third-order valence-corrected chi connectivity index (χ3v) is 6.55. The second kappa shape index (κ2) is 7.06. The first-order valence-electron chi connectivity index (χ1n) is 7.17. The Kier molecular flexibility index (Phi) is 5.53. The number of nitrogens with one attached hydrogen (secondary N) is 1. The van der Waals surface area contributed by atoms with Gasteiger partial charge in [0.2, 0.25) is 0 Å². The van der Waals surface area contributed by atoms with Gasteiger partial charge in [0.15, 0.2) is 5.28 Å². The summed E-state index contributed by atoms with van der Waals surface area (Å²) in [4.78, 5) is 0. The van der Waals surface area contributed by atoms with Gasteiger partial charge in [0.1, 0.15) is 0 Å². The molecular formula is C17H21ClNO3P. The molecule has 0 bridgehead atoms. The number of anilines is 1. The highest BCUT2D eigenvalue weighted by Crippen LogP contribution is 2.63. The summed E-state index contributed by atoms with van der Waals surface area (Å²) < 4.78 is 23.7. The van der Waals surface area contributed by atoms with E-state index in [1.54, 1.807) is 19.1 Å². The predicted octanol–water partition coefficient (Wildman–Crippen LogP) is 5.42. The van der Waals surface area contributed by atoms with E-state index in [0.717, 1.165) is 16.8 Å². The second-order valence-electron chi connectivity index (χ2n) is 5.43. The van der Waals surface area contributed by atoms with Gasteiger partial charge < -0.3 is 14.4 Å². The minimum Gasteiger partial charge on any atom is -0.366 e. The third-order valence-electron chi connectivity index (χ3n) is 3.87. The van der Waals surface area contributed by atoms with Crippen LogP contribution >= 0.6 is 19.2 Å². The van der Waals surface area contributed by atoms with Crippen molar-refractivity contribution in [2.75, 3.05) is 19.5 Å². The van der Waals surface area contributed by atoms with Crippen LogP contribution in [-0.2, 0) is 18.9 Å². The molecule has 0 aliphatic heterocycles. The molecule has 6 heteroatoms. The fourth-order valence-corrected chi connectivity index (χ4v) is 4.17. The summed E-state index contributed by atoms with van der Waals surface area (Å²) in [6.07, 6.45) is 0. The quantitative estimate of drug-likeness (QED) is 0.704. The summed E-state index contributed by atoms with van der Waals surface area (Å²) in [5.74, 6) is 0. The Morgan fingerprint density at radius 1 is 1.00 bits per heavy atom. The third kappa shape index (κ3) is 3.61. The van der Waals surface area contributed by atoms with Crippen molar-refractivity contribution in [1.29, 1.82) is 0 Å². The van der Waals surface area contributed by atoms with Gasteiger partial charge in [0.05, 0.1) is 0 Å². The Labute approximate surface area is 142 Å². The highest BCUT2D eigenvalue weighted by Gasteiger charge is 2.47. The number of halogens is 1. The number of rotatable bonds is 6. The molecule has 0 saturated heterocycles. The van der Waals surface area contributed by atoms with E-state index in [9.17, 15) is 4.57 Å². The molecule has 0 fully saturated rings. The molecule has 124 valence electrons. The normalized spacial score (nSPS) is 14.3. The summed E-state index contributed by atoms with van der Waals surface area (Å²) >= 11 is 5.97. The molecule has 1 N–H and O–H groups in total. The lowest BCUT2D eigenvalue weighted by Crippen LogP contribution is -2.33. The summed E-state index contributed by atoms with van der Waals surface area (Å²) in [5.41, 5.74) is 2.72. The zero-order valence-electron chi connectivity index (χ0n) is 13.7. The van der Waals surface area contributed by atoms with Gasteiger partial charge >= 0.3 is 7.60 Å². The lowest BCUT2D eigenvalue weighted by molar-refractivity contribution is 0.253. The molecule has 0 saturated carbocycles. The Bertz CT molecular complexity index is 695. The molecule has 2 aromatic rings. The molecule has 1 unspecified atom stereocenters. The van der Waals surface area contributed by atoms with Gasteiger partial charge in [-0.3, -0.25) is 4.57 Å². The lowest BCUT2D eigenvalue weighted by Gasteiger charge is -2.36. The van der Waals surface area contributed by atoms with Crippen LogP contribution in [-0.4, -0.2) is 14.2 Å². The molecule has 2 rings (SSSR count). The molecule has 23 heavy (non-hydrogen) atoms. The first-order valence-corrected chi connectivity index (χ1v) is 9.09. The van der Waals surface area contributed by atoms with Crippen LogP contribution in [0, 0.1) is 6.92 Å². The molecule has 0 aromatic heterocycles. The number of hydrogen-bond donors (Lipinski definition) is 1. The smallest absolute Gasteiger partial charge is 0.359 e. The van der Waals surface area contributed by atoms with Crippen LogP contribution in [0.5, 0.6) is 0 Å². The number of aryl methyl sites for hydroxylation is 1. The van der Waals surface area contributed by atoms with Crippen molar-refractivity contribution in [3.05, 3.63) is 64.7 Å². The van der Waals surface area contributed by atoms with E-state index in [4.69, 9.17) is 20.6 Å². The fourth-order valence-electron chi connectivity index (χ4n) is 2.43. The fraction of sp³-hybridized carbons (Fsp3) is 0.294. The maximum absolute atomic E-state index is 13.2. The average molecular weight is 354 g/mol. The molecule has 1 atom stereocenters. The molecule has 2 aromatic carbocycles. The van der Waals surface area contributed by atoms with Gasteiger partial charge in [-0.2, -0.15) is 0 Å². The molecule has 0 spiro atoms. The number of benzene rings is 2. The van der Waals surface area contributed by atoms with Crippen LogP contribution in [0.25, 0.3) is 0 Å². The molecule has 0 amide bonds. The minimum absolute atomic E-state index is 0.608. The van der Waals surface area contributed by atoms with Crippen molar-refractivity contribution in [1.82, 2.24) is 0 Å². The van der Waals surface area contributed by atoms with Crippen molar-refractivity contribution in [3.8, 4) is 0 Å². The van der Waals surface area contributed by atoms with Gasteiger partial charge in [0.25, 0.3) is 0 Å². The van der Waals surface area contributed by atoms with Gasteiger partial charge in [-0.25, -0.2) is 0 Å². The summed E-state index contributed by atoms with van der Waals surface area (Å²) in [5, 5.41) is 2.85. The zero-order chi connectivity index (χ0) is 17.1.